The molecule has 0 saturated carbocycles. The zero-order chi connectivity index (χ0) is 30.3. The third-order valence-electron chi connectivity index (χ3n) is 6.68. The van der Waals surface area contributed by atoms with E-state index < -0.39 is 65.4 Å². The van der Waals surface area contributed by atoms with E-state index in [0.717, 1.165) is 19.3 Å². The Hall–Kier alpha value is -2.60. The van der Waals surface area contributed by atoms with Gasteiger partial charge < -0.3 is 39.3 Å². The van der Waals surface area contributed by atoms with E-state index >= 15 is 0 Å². The van der Waals surface area contributed by atoms with E-state index in [2.05, 4.69) is 0 Å². The van der Waals surface area contributed by atoms with E-state index in [1.165, 1.54) is 18.9 Å². The van der Waals surface area contributed by atoms with Crippen LogP contribution in [-0.4, -0.2) is 105 Å². The lowest BCUT2D eigenvalue weighted by Gasteiger charge is -2.34. The lowest BCUT2D eigenvalue weighted by atomic mass is 9.96. The van der Waals surface area contributed by atoms with Crippen molar-refractivity contribution in [3.05, 3.63) is 0 Å². The SMILES string of the molecule is CO[C@H]([C@@H](C)C(=O)O)[C@@H]1CCCN1C(=O)OC(C)(C)C.C[C@@H](C(=O)O)[C@@H](O)[C@@H]1CCCN1C(=O)OC(C)(C)C. The van der Waals surface area contributed by atoms with Crippen LogP contribution in [0.2, 0.25) is 0 Å². The Labute approximate surface area is 231 Å². The van der Waals surface area contributed by atoms with E-state index in [9.17, 15) is 24.3 Å². The van der Waals surface area contributed by atoms with Crippen molar-refractivity contribution in [2.75, 3.05) is 20.2 Å². The average molecular weight is 561 g/mol. The van der Waals surface area contributed by atoms with Gasteiger partial charge in [0.2, 0.25) is 0 Å². The largest absolute Gasteiger partial charge is 0.481 e. The second-order valence-corrected chi connectivity index (χ2v) is 12.2. The Bertz CT molecular complexity index is 850. The van der Waals surface area contributed by atoms with Gasteiger partial charge in [-0.3, -0.25) is 9.59 Å². The molecule has 12 heteroatoms. The summed E-state index contributed by atoms with van der Waals surface area (Å²) in [5, 5.41) is 28.1. The van der Waals surface area contributed by atoms with Crippen molar-refractivity contribution in [3.8, 4) is 0 Å². The van der Waals surface area contributed by atoms with Gasteiger partial charge in [0.1, 0.15) is 11.2 Å². The van der Waals surface area contributed by atoms with Gasteiger partial charge in [0.15, 0.2) is 0 Å². The smallest absolute Gasteiger partial charge is 0.410 e. The normalized spacial score (nSPS) is 22.7. The summed E-state index contributed by atoms with van der Waals surface area (Å²) in [6.07, 6.45) is 0.401. The molecule has 39 heavy (non-hydrogen) atoms. The van der Waals surface area contributed by atoms with Crippen molar-refractivity contribution in [1.29, 1.82) is 0 Å². The molecule has 2 aliphatic rings. The van der Waals surface area contributed by atoms with E-state index in [4.69, 9.17) is 24.4 Å². The first-order valence-corrected chi connectivity index (χ1v) is 13.5. The highest BCUT2D eigenvalue weighted by atomic mass is 16.6. The third kappa shape index (κ3) is 10.5. The fourth-order valence-corrected chi connectivity index (χ4v) is 4.69. The van der Waals surface area contributed by atoms with Crippen LogP contribution < -0.4 is 0 Å². The summed E-state index contributed by atoms with van der Waals surface area (Å²) in [5.41, 5.74) is -1.17. The molecular weight excluding hydrogens is 512 g/mol. The predicted octanol–water partition coefficient (Wildman–Crippen LogP) is 3.59. The summed E-state index contributed by atoms with van der Waals surface area (Å²) in [6.45, 7) is 14.8. The Kier molecular flexibility index (Phi) is 12.5. The molecule has 12 nitrogen and oxygen atoms in total. The Morgan fingerprint density at radius 3 is 1.49 bits per heavy atom. The van der Waals surface area contributed by atoms with Crippen LogP contribution in [0.15, 0.2) is 0 Å². The molecule has 3 N–H and O–H groups in total. The fourth-order valence-electron chi connectivity index (χ4n) is 4.69. The second kappa shape index (κ2) is 14.2. The molecule has 2 saturated heterocycles. The van der Waals surface area contributed by atoms with Crippen molar-refractivity contribution in [1.82, 2.24) is 9.80 Å². The fraction of sp³-hybridized carbons (Fsp3) is 0.852. The predicted molar refractivity (Wildman–Crippen MR) is 142 cm³/mol. The molecule has 226 valence electrons. The number of methoxy groups -OCH3 is 1. The highest BCUT2D eigenvalue weighted by Gasteiger charge is 2.42. The molecule has 2 heterocycles. The van der Waals surface area contributed by atoms with Crippen LogP contribution in [0.25, 0.3) is 0 Å². The number of hydrogen-bond donors (Lipinski definition) is 3. The summed E-state index contributed by atoms with van der Waals surface area (Å²) in [5.74, 6) is -3.57. The van der Waals surface area contributed by atoms with Crippen molar-refractivity contribution in [2.45, 2.75) is 117 Å². The summed E-state index contributed by atoms with van der Waals surface area (Å²) in [6, 6.07) is -0.734. The number of carbonyl (C=O) groups is 4. The first-order valence-electron chi connectivity index (χ1n) is 13.5. The van der Waals surface area contributed by atoms with Gasteiger partial charge in [-0.1, -0.05) is 0 Å². The summed E-state index contributed by atoms with van der Waals surface area (Å²) in [7, 11) is 1.48. The minimum absolute atomic E-state index is 0.249. The van der Waals surface area contributed by atoms with E-state index in [1.807, 2.05) is 20.8 Å². The molecular formula is C27H48N2O10. The second-order valence-electron chi connectivity index (χ2n) is 12.2. The van der Waals surface area contributed by atoms with Gasteiger partial charge in [0.05, 0.1) is 36.1 Å². The molecule has 6 atom stereocenters. The number of nitrogens with zero attached hydrogens (tertiary/aromatic N) is 2. The quantitative estimate of drug-likeness (QED) is 0.419. The van der Waals surface area contributed by atoms with Gasteiger partial charge in [0.25, 0.3) is 0 Å². The van der Waals surface area contributed by atoms with Crippen molar-refractivity contribution < 1.29 is 48.7 Å². The van der Waals surface area contributed by atoms with Crippen LogP contribution in [0, 0.1) is 11.8 Å². The highest BCUT2D eigenvalue weighted by Crippen LogP contribution is 2.28. The molecule has 2 amide bonds. The number of ether oxygens (including phenoxy) is 3. The molecule has 0 aromatic heterocycles. The van der Waals surface area contributed by atoms with Crippen molar-refractivity contribution in [2.24, 2.45) is 11.8 Å². The monoisotopic (exact) mass is 560 g/mol. The highest BCUT2D eigenvalue weighted by molar-refractivity contribution is 5.72. The van der Waals surface area contributed by atoms with Gasteiger partial charge in [0, 0.05) is 20.2 Å². The van der Waals surface area contributed by atoms with E-state index in [0.29, 0.717) is 19.5 Å². The minimum atomic E-state index is -1.08. The lowest BCUT2D eigenvalue weighted by molar-refractivity contribution is -0.148. The lowest BCUT2D eigenvalue weighted by Crippen LogP contribution is -2.49. The van der Waals surface area contributed by atoms with E-state index in [1.54, 1.807) is 32.6 Å². The zero-order valence-corrected chi connectivity index (χ0v) is 24.8. The number of aliphatic carboxylic acids is 2. The van der Waals surface area contributed by atoms with Gasteiger partial charge in [-0.25, -0.2) is 9.59 Å². The van der Waals surface area contributed by atoms with Crippen LogP contribution in [0.4, 0.5) is 9.59 Å². The topological polar surface area (TPSA) is 163 Å². The molecule has 0 unspecified atom stereocenters. The van der Waals surface area contributed by atoms with Crippen LogP contribution in [0.5, 0.6) is 0 Å². The number of amides is 2. The molecule has 2 fully saturated rings. The number of likely N-dealkylation sites (tertiary alicyclic amines) is 2. The maximum Gasteiger partial charge on any atom is 0.410 e. The summed E-state index contributed by atoms with van der Waals surface area (Å²) < 4.78 is 16.0. The molecule has 2 rings (SSSR count). The van der Waals surface area contributed by atoms with Gasteiger partial charge >= 0.3 is 24.1 Å². The Balaban J connectivity index is 0.000000391. The maximum atomic E-state index is 12.2. The van der Waals surface area contributed by atoms with Crippen LogP contribution in [0.1, 0.15) is 81.1 Å². The molecule has 2 aliphatic heterocycles. The van der Waals surface area contributed by atoms with Crippen LogP contribution in [0.3, 0.4) is 0 Å². The van der Waals surface area contributed by atoms with Crippen LogP contribution >= 0.6 is 0 Å². The number of carbonyl (C=O) groups excluding carboxylic acids is 2. The van der Waals surface area contributed by atoms with Gasteiger partial charge in [-0.05, 0) is 81.1 Å². The number of rotatable bonds is 7. The molecule has 0 spiro atoms. The van der Waals surface area contributed by atoms with Gasteiger partial charge in [-0.2, -0.15) is 0 Å². The third-order valence-corrected chi connectivity index (χ3v) is 6.68. The van der Waals surface area contributed by atoms with E-state index in [-0.39, 0.29) is 6.04 Å². The molecule has 0 aliphatic carbocycles. The first-order chi connectivity index (χ1) is 17.8. The van der Waals surface area contributed by atoms with Crippen molar-refractivity contribution >= 4 is 24.1 Å². The van der Waals surface area contributed by atoms with Crippen molar-refractivity contribution in [3.63, 3.8) is 0 Å². The molecule has 0 aromatic rings. The van der Waals surface area contributed by atoms with Gasteiger partial charge in [-0.15, -0.1) is 0 Å². The molecule has 0 bridgehead atoms. The number of hydrogen-bond acceptors (Lipinski definition) is 8. The molecule has 0 radical (unpaired) electrons. The average Bonchev–Trinajstić information content (AvgIpc) is 3.46. The number of carboxylic acid groups (broad SMARTS) is 2. The Morgan fingerprint density at radius 2 is 1.13 bits per heavy atom. The standard InChI is InChI=1S/C14H25NO5.C13H23NO5/c1-9(12(16)17)11(19-5)10-7-6-8-15(10)13(18)20-14(2,3)4;1-8(11(16)17)10(15)9-6-5-7-14(9)12(18)19-13(2,3)4/h9-11H,6-8H2,1-5H3,(H,16,17);8-10,15H,5-7H2,1-4H3,(H,16,17)/t9-,10+,11-;8-,9+,10-/m11/s1. The maximum absolute atomic E-state index is 12.2. The summed E-state index contributed by atoms with van der Waals surface area (Å²) in [4.78, 5) is 49.3. The number of aliphatic hydroxyl groups excluding tert-OH is 1. The number of carboxylic acids is 2. The summed E-state index contributed by atoms with van der Waals surface area (Å²) >= 11 is 0. The number of aliphatic hydroxyl groups is 1. The minimum Gasteiger partial charge on any atom is -0.481 e. The first kappa shape index (κ1) is 34.4. The molecule has 0 aromatic carbocycles. The van der Waals surface area contributed by atoms with Crippen LogP contribution in [-0.2, 0) is 23.8 Å². The Morgan fingerprint density at radius 1 is 0.744 bits per heavy atom. The zero-order valence-electron chi connectivity index (χ0n) is 24.8.